The highest BCUT2D eigenvalue weighted by molar-refractivity contribution is 7.81. The Kier molecular flexibility index (Phi) is 5.56. The molecule has 1 aromatic rings. The number of carbonyl (C=O) groups excluding carboxylic acids is 2. The highest BCUT2D eigenvalue weighted by atomic mass is 32.1. The van der Waals surface area contributed by atoms with E-state index in [1.807, 2.05) is 0 Å². The van der Waals surface area contributed by atoms with Gasteiger partial charge in [0.05, 0.1) is 22.1 Å². The lowest BCUT2D eigenvalue weighted by atomic mass is 10.1. The quantitative estimate of drug-likeness (QED) is 0.314. The van der Waals surface area contributed by atoms with Gasteiger partial charge in [-0.2, -0.15) is 12.6 Å². The Hall–Kier alpha value is -2.13. The summed E-state index contributed by atoms with van der Waals surface area (Å²) in [6, 6.07) is 6.05. The van der Waals surface area contributed by atoms with E-state index in [0.29, 0.717) is 16.4 Å². The molecule has 1 saturated heterocycles. The van der Waals surface area contributed by atoms with E-state index in [1.54, 1.807) is 7.05 Å². The number of fused-ring (bicyclic) bond motifs is 4. The molecule has 8 nitrogen and oxygen atoms in total. The summed E-state index contributed by atoms with van der Waals surface area (Å²) in [6.07, 6.45) is -0.525. The number of rotatable bonds is 2. The average Bonchev–Trinajstić information content (AvgIpc) is 2.84. The highest BCUT2D eigenvalue weighted by Gasteiger charge is 2.31. The van der Waals surface area contributed by atoms with E-state index in [2.05, 4.69) is 28.0 Å². The zero-order valence-corrected chi connectivity index (χ0v) is 13.3. The van der Waals surface area contributed by atoms with Gasteiger partial charge >= 0.3 is 12.2 Å². The van der Waals surface area contributed by atoms with Gasteiger partial charge in [-0.3, -0.25) is 14.9 Å². The topological polar surface area (TPSA) is 111 Å². The Morgan fingerprint density at radius 1 is 1.43 bits per heavy atom. The Bertz CT molecular complexity index is 607. The zero-order valence-electron chi connectivity index (χ0n) is 12.4. The van der Waals surface area contributed by atoms with Crippen molar-refractivity contribution in [1.29, 1.82) is 0 Å². The van der Waals surface area contributed by atoms with Gasteiger partial charge in [0.1, 0.15) is 0 Å². The number of likely N-dealkylation sites (N-methyl/N-ethyl adjacent to an activating group) is 1. The molecule has 2 N–H and O–H groups in total. The fourth-order valence-electron chi connectivity index (χ4n) is 2.28. The normalized spacial score (nSPS) is 25.0. The van der Waals surface area contributed by atoms with E-state index in [-0.39, 0.29) is 11.9 Å². The molecule has 1 fully saturated rings. The molecule has 124 valence electrons. The van der Waals surface area contributed by atoms with E-state index in [1.165, 1.54) is 24.3 Å². The van der Waals surface area contributed by atoms with Crippen LogP contribution in [0, 0.1) is 10.1 Å². The number of esters is 1. The maximum Gasteiger partial charge on any atom is 0.383 e. The standard InChI is InChI=1S/C8H5NO4.C6H12N2OS/c10-8-6-3-1-5(2-4-6)7(13-8)9(11)12;1-7-6(9)5-2-4(10)3-8-5/h1-4,7H;4-5,8,10H,2-3H2,1H3,(H,7,9). The van der Waals surface area contributed by atoms with Gasteiger partial charge in [0.25, 0.3) is 0 Å². The molecule has 1 aromatic carbocycles. The molecular formula is C14H17N3O5S. The largest absolute Gasteiger partial charge is 0.390 e. The number of nitrogens with zero attached hydrogens (tertiary/aromatic N) is 1. The predicted octanol–water partition coefficient (Wildman–Crippen LogP) is 0.525. The van der Waals surface area contributed by atoms with Gasteiger partial charge in [0, 0.05) is 18.8 Å². The molecule has 23 heavy (non-hydrogen) atoms. The second kappa shape index (κ2) is 7.42. The van der Waals surface area contributed by atoms with Crippen molar-refractivity contribution in [2.75, 3.05) is 13.6 Å². The van der Waals surface area contributed by atoms with Crippen LogP contribution in [0.25, 0.3) is 0 Å². The van der Waals surface area contributed by atoms with Crippen LogP contribution in [0.5, 0.6) is 0 Å². The number of thiol groups is 1. The molecule has 0 spiro atoms. The summed E-state index contributed by atoms with van der Waals surface area (Å²) in [5.41, 5.74) is 0.729. The molecule has 3 atom stereocenters. The second-order valence-corrected chi connectivity index (χ2v) is 5.86. The third-order valence-corrected chi connectivity index (χ3v) is 3.91. The Morgan fingerprint density at radius 3 is 2.57 bits per heavy atom. The molecule has 0 aromatic heterocycles. The highest BCUT2D eigenvalue weighted by Crippen LogP contribution is 2.24. The van der Waals surface area contributed by atoms with Crippen LogP contribution in [0.4, 0.5) is 0 Å². The lowest BCUT2D eigenvalue weighted by Gasteiger charge is -2.06. The van der Waals surface area contributed by atoms with Gasteiger partial charge in [-0.1, -0.05) is 0 Å². The van der Waals surface area contributed by atoms with Crippen LogP contribution in [0.2, 0.25) is 0 Å². The van der Waals surface area contributed by atoms with Crippen LogP contribution in [-0.2, 0) is 9.53 Å². The Labute approximate surface area is 138 Å². The van der Waals surface area contributed by atoms with Crippen LogP contribution < -0.4 is 10.6 Å². The van der Waals surface area contributed by atoms with Crippen molar-refractivity contribution in [2.45, 2.75) is 23.9 Å². The first-order valence-corrected chi connectivity index (χ1v) is 7.51. The molecule has 0 aliphatic carbocycles. The summed E-state index contributed by atoms with van der Waals surface area (Å²) < 4.78 is 4.62. The summed E-state index contributed by atoms with van der Waals surface area (Å²) in [6.45, 7) is 0.835. The lowest BCUT2D eigenvalue weighted by Crippen LogP contribution is -2.38. The first-order chi connectivity index (χ1) is 10.9. The van der Waals surface area contributed by atoms with Crippen molar-refractivity contribution < 1.29 is 19.2 Å². The molecule has 4 rings (SSSR count). The number of hydrogen-bond acceptors (Lipinski definition) is 7. The molecule has 0 saturated carbocycles. The van der Waals surface area contributed by atoms with Crippen molar-refractivity contribution in [2.24, 2.45) is 0 Å². The Balaban J connectivity index is 0.000000174. The number of nitro groups is 1. The first-order valence-electron chi connectivity index (χ1n) is 7.00. The van der Waals surface area contributed by atoms with Gasteiger partial charge in [-0.25, -0.2) is 4.79 Å². The average molecular weight is 339 g/mol. The van der Waals surface area contributed by atoms with Crippen LogP contribution >= 0.6 is 12.6 Å². The van der Waals surface area contributed by atoms with Crippen molar-refractivity contribution >= 4 is 24.5 Å². The van der Waals surface area contributed by atoms with E-state index >= 15 is 0 Å². The van der Waals surface area contributed by atoms with Gasteiger partial charge in [0.15, 0.2) is 0 Å². The van der Waals surface area contributed by atoms with Crippen LogP contribution in [0.1, 0.15) is 28.6 Å². The van der Waals surface area contributed by atoms with E-state index in [0.717, 1.165) is 13.0 Å². The molecular weight excluding hydrogens is 322 g/mol. The molecule has 3 unspecified atom stereocenters. The number of carbonyl (C=O) groups is 2. The van der Waals surface area contributed by atoms with Crippen molar-refractivity contribution in [3.05, 3.63) is 45.5 Å². The number of nitrogens with one attached hydrogen (secondary N) is 2. The van der Waals surface area contributed by atoms with E-state index in [9.17, 15) is 19.7 Å². The van der Waals surface area contributed by atoms with Crippen LogP contribution in [0.3, 0.4) is 0 Å². The monoisotopic (exact) mass is 339 g/mol. The fourth-order valence-corrected chi connectivity index (χ4v) is 2.59. The summed E-state index contributed by atoms with van der Waals surface area (Å²) in [4.78, 5) is 31.9. The SMILES string of the molecule is CNC(=O)C1CC(S)CN1.O=C1OC([N+](=O)[O-])c2ccc1cc2. The number of amides is 1. The van der Waals surface area contributed by atoms with E-state index in [4.69, 9.17) is 0 Å². The zero-order chi connectivity index (χ0) is 17.0. The number of benzene rings is 1. The predicted molar refractivity (Wildman–Crippen MR) is 84.8 cm³/mol. The maximum absolute atomic E-state index is 11.1. The van der Waals surface area contributed by atoms with Crippen molar-refractivity contribution in [3.63, 3.8) is 0 Å². The minimum Gasteiger partial charge on any atom is -0.390 e. The minimum atomic E-state index is -1.36. The Morgan fingerprint density at radius 2 is 2.09 bits per heavy atom. The minimum absolute atomic E-state index is 0.0208. The van der Waals surface area contributed by atoms with Crippen molar-refractivity contribution in [3.8, 4) is 0 Å². The van der Waals surface area contributed by atoms with E-state index < -0.39 is 17.1 Å². The van der Waals surface area contributed by atoms with Gasteiger partial charge in [-0.15, -0.1) is 0 Å². The second-order valence-electron chi connectivity index (χ2n) is 5.13. The lowest BCUT2D eigenvalue weighted by molar-refractivity contribution is -0.574. The molecule has 9 heteroatoms. The first kappa shape index (κ1) is 17.2. The van der Waals surface area contributed by atoms with Crippen molar-refractivity contribution in [1.82, 2.24) is 10.6 Å². The summed E-state index contributed by atoms with van der Waals surface area (Å²) in [5, 5.41) is 16.5. The third-order valence-electron chi connectivity index (χ3n) is 3.51. The van der Waals surface area contributed by atoms with Gasteiger partial charge in [-0.05, 0) is 30.7 Å². The number of hydrogen-bond donors (Lipinski definition) is 3. The van der Waals surface area contributed by atoms with Crippen LogP contribution in [0.15, 0.2) is 24.3 Å². The van der Waals surface area contributed by atoms with Gasteiger partial charge < -0.3 is 15.4 Å². The molecule has 2 bridgehead atoms. The smallest absolute Gasteiger partial charge is 0.383 e. The molecule has 3 heterocycles. The molecule has 3 aliphatic heterocycles. The molecule has 3 aliphatic rings. The summed E-state index contributed by atoms with van der Waals surface area (Å²) in [5.74, 6) is -0.585. The molecule has 1 amide bonds. The fraction of sp³-hybridized carbons (Fsp3) is 0.429. The number of ether oxygens (including phenoxy) is 1. The van der Waals surface area contributed by atoms with Gasteiger partial charge in [0.2, 0.25) is 5.91 Å². The summed E-state index contributed by atoms with van der Waals surface area (Å²) >= 11 is 4.24. The summed E-state index contributed by atoms with van der Waals surface area (Å²) in [7, 11) is 1.65. The third kappa shape index (κ3) is 4.20. The molecule has 0 radical (unpaired) electrons. The maximum atomic E-state index is 11.1. The van der Waals surface area contributed by atoms with Crippen LogP contribution in [-0.4, -0.2) is 41.7 Å².